The highest BCUT2D eigenvalue weighted by atomic mass is 32.1. The molecule has 0 radical (unpaired) electrons. The molecule has 26 heavy (non-hydrogen) atoms. The van der Waals surface area contributed by atoms with Gasteiger partial charge in [-0.3, -0.25) is 4.90 Å². The van der Waals surface area contributed by atoms with Gasteiger partial charge in [-0.25, -0.2) is 9.98 Å². The lowest BCUT2D eigenvalue weighted by Gasteiger charge is -2.39. The summed E-state index contributed by atoms with van der Waals surface area (Å²) in [4.78, 5) is 12.9. The highest BCUT2D eigenvalue weighted by molar-refractivity contribution is 7.11. The van der Waals surface area contributed by atoms with E-state index in [4.69, 9.17) is 9.73 Å². The first-order chi connectivity index (χ1) is 12.7. The molecule has 7 heteroatoms. The summed E-state index contributed by atoms with van der Waals surface area (Å²) in [6, 6.07) is 0.514. The SMILES string of the molecule is CCNC(=NCc1ncc(C)s1)NCC(C(CC)CC)N1CCOCC1. The first kappa shape index (κ1) is 21.1. The Morgan fingerprint density at radius 1 is 1.27 bits per heavy atom. The molecule has 148 valence electrons. The van der Waals surface area contributed by atoms with Crippen LogP contribution in [0.2, 0.25) is 0 Å². The van der Waals surface area contributed by atoms with E-state index in [-0.39, 0.29) is 0 Å². The molecule has 1 aliphatic heterocycles. The summed E-state index contributed by atoms with van der Waals surface area (Å²) >= 11 is 1.71. The summed E-state index contributed by atoms with van der Waals surface area (Å²) in [6.07, 6.45) is 4.32. The monoisotopic (exact) mass is 381 g/mol. The maximum atomic E-state index is 5.55. The molecule has 1 fully saturated rings. The van der Waals surface area contributed by atoms with Gasteiger partial charge in [0.2, 0.25) is 0 Å². The van der Waals surface area contributed by atoms with Gasteiger partial charge in [0.25, 0.3) is 0 Å². The van der Waals surface area contributed by atoms with Crippen LogP contribution >= 0.6 is 11.3 Å². The van der Waals surface area contributed by atoms with Crippen LogP contribution in [0.3, 0.4) is 0 Å². The number of ether oxygens (including phenoxy) is 1. The lowest BCUT2D eigenvalue weighted by atomic mass is 9.92. The second-order valence-corrected chi connectivity index (χ2v) is 8.05. The highest BCUT2D eigenvalue weighted by Crippen LogP contribution is 2.19. The van der Waals surface area contributed by atoms with Crippen molar-refractivity contribution < 1.29 is 4.74 Å². The number of thiazole rings is 1. The maximum absolute atomic E-state index is 5.55. The molecule has 1 saturated heterocycles. The minimum atomic E-state index is 0.514. The van der Waals surface area contributed by atoms with E-state index in [0.29, 0.717) is 18.5 Å². The number of aliphatic imine (C=N–C) groups is 1. The van der Waals surface area contributed by atoms with Crippen LogP contribution in [0.15, 0.2) is 11.2 Å². The van der Waals surface area contributed by atoms with Crippen molar-refractivity contribution in [2.45, 2.75) is 53.1 Å². The number of aryl methyl sites for hydroxylation is 1. The third-order valence-corrected chi connectivity index (χ3v) is 5.87. The third kappa shape index (κ3) is 6.52. The van der Waals surface area contributed by atoms with Crippen LogP contribution in [-0.2, 0) is 11.3 Å². The lowest BCUT2D eigenvalue weighted by Crippen LogP contribution is -2.53. The molecule has 1 aromatic heterocycles. The smallest absolute Gasteiger partial charge is 0.191 e. The number of guanidine groups is 1. The molecule has 1 aliphatic rings. The molecule has 6 nitrogen and oxygen atoms in total. The number of nitrogens with zero attached hydrogens (tertiary/aromatic N) is 3. The molecule has 1 aromatic rings. The van der Waals surface area contributed by atoms with Gasteiger partial charge < -0.3 is 15.4 Å². The summed E-state index contributed by atoms with van der Waals surface area (Å²) in [5.74, 6) is 1.56. The molecule has 0 bridgehead atoms. The predicted octanol–water partition coefficient (Wildman–Crippen LogP) is 2.64. The summed E-state index contributed by atoms with van der Waals surface area (Å²) in [5.41, 5.74) is 0. The Morgan fingerprint density at radius 2 is 2.00 bits per heavy atom. The van der Waals surface area contributed by atoms with Gasteiger partial charge >= 0.3 is 0 Å². The highest BCUT2D eigenvalue weighted by Gasteiger charge is 2.26. The van der Waals surface area contributed by atoms with Gasteiger partial charge in [0.15, 0.2) is 5.96 Å². The molecule has 2 N–H and O–H groups in total. The molecule has 0 saturated carbocycles. The minimum Gasteiger partial charge on any atom is -0.379 e. The Bertz CT molecular complexity index is 538. The molecule has 0 amide bonds. The van der Waals surface area contributed by atoms with Crippen molar-refractivity contribution >= 4 is 17.3 Å². The molecule has 2 heterocycles. The standard InChI is InChI=1S/C19H35N5OS/c1-5-16(6-2)17(24-8-10-25-11-9-24)13-22-19(20-7-3)23-14-18-21-12-15(4)26-18/h12,16-17H,5-11,13-14H2,1-4H3,(H2,20,22,23). The van der Waals surface area contributed by atoms with Crippen LogP contribution in [0.5, 0.6) is 0 Å². The number of morpholine rings is 1. The molecule has 0 spiro atoms. The van der Waals surface area contributed by atoms with Crippen LogP contribution in [0.4, 0.5) is 0 Å². The summed E-state index contributed by atoms with van der Waals surface area (Å²) in [5, 5.41) is 8.00. The Hall–Kier alpha value is -1.18. The Morgan fingerprint density at radius 3 is 2.58 bits per heavy atom. The van der Waals surface area contributed by atoms with Gasteiger partial charge in [-0.2, -0.15) is 0 Å². The first-order valence-electron chi connectivity index (χ1n) is 9.93. The summed E-state index contributed by atoms with van der Waals surface area (Å²) in [7, 11) is 0. The van der Waals surface area contributed by atoms with E-state index < -0.39 is 0 Å². The number of aromatic nitrogens is 1. The normalized spacial score (nSPS) is 17.5. The van der Waals surface area contributed by atoms with Crippen LogP contribution in [0, 0.1) is 12.8 Å². The maximum Gasteiger partial charge on any atom is 0.191 e. The van der Waals surface area contributed by atoms with E-state index in [1.165, 1.54) is 17.7 Å². The van der Waals surface area contributed by atoms with Crippen LogP contribution in [0.25, 0.3) is 0 Å². The van der Waals surface area contributed by atoms with Crippen LogP contribution in [-0.4, -0.2) is 61.3 Å². The molecule has 0 aromatic carbocycles. The summed E-state index contributed by atoms with van der Waals surface area (Å²) in [6.45, 7) is 14.9. The summed E-state index contributed by atoms with van der Waals surface area (Å²) < 4.78 is 5.55. The molecule has 0 aliphatic carbocycles. The largest absolute Gasteiger partial charge is 0.379 e. The van der Waals surface area contributed by atoms with Gasteiger partial charge in [-0.05, 0) is 19.8 Å². The van der Waals surface area contributed by atoms with E-state index in [9.17, 15) is 0 Å². The van der Waals surface area contributed by atoms with Crippen molar-refractivity contribution in [1.82, 2.24) is 20.5 Å². The van der Waals surface area contributed by atoms with Crippen molar-refractivity contribution in [3.8, 4) is 0 Å². The quantitative estimate of drug-likeness (QED) is 0.509. The molecule has 1 atom stereocenters. The van der Waals surface area contributed by atoms with E-state index in [2.05, 4.69) is 48.2 Å². The Kier molecular flexibility index (Phi) is 9.36. The molecular formula is C19H35N5OS. The Labute approximate surface area is 162 Å². The van der Waals surface area contributed by atoms with Crippen molar-refractivity contribution in [2.24, 2.45) is 10.9 Å². The van der Waals surface area contributed by atoms with Gasteiger partial charge in [0.1, 0.15) is 5.01 Å². The number of hydrogen-bond donors (Lipinski definition) is 2. The zero-order valence-electron chi connectivity index (χ0n) is 16.8. The topological polar surface area (TPSA) is 61.8 Å². The number of rotatable bonds is 9. The van der Waals surface area contributed by atoms with Gasteiger partial charge in [-0.1, -0.05) is 26.7 Å². The first-order valence-corrected chi connectivity index (χ1v) is 10.7. The van der Waals surface area contributed by atoms with Gasteiger partial charge in [-0.15, -0.1) is 11.3 Å². The number of hydrogen-bond acceptors (Lipinski definition) is 5. The minimum absolute atomic E-state index is 0.514. The van der Waals surface area contributed by atoms with Crippen molar-refractivity contribution in [3.63, 3.8) is 0 Å². The second kappa shape index (κ2) is 11.5. The van der Waals surface area contributed by atoms with Crippen molar-refractivity contribution in [3.05, 3.63) is 16.1 Å². The van der Waals surface area contributed by atoms with Crippen LogP contribution in [0.1, 0.15) is 43.5 Å². The molecule has 2 rings (SSSR count). The fraction of sp³-hybridized carbons (Fsp3) is 0.789. The average Bonchev–Trinajstić information content (AvgIpc) is 3.09. The van der Waals surface area contributed by atoms with Gasteiger partial charge in [0, 0.05) is 43.3 Å². The fourth-order valence-corrected chi connectivity index (χ4v) is 4.21. The lowest BCUT2D eigenvalue weighted by molar-refractivity contribution is 0.00272. The zero-order valence-corrected chi connectivity index (χ0v) is 17.6. The van der Waals surface area contributed by atoms with E-state index >= 15 is 0 Å². The van der Waals surface area contributed by atoms with Crippen molar-refractivity contribution in [2.75, 3.05) is 39.4 Å². The van der Waals surface area contributed by atoms with Gasteiger partial charge in [0.05, 0.1) is 19.8 Å². The van der Waals surface area contributed by atoms with Crippen molar-refractivity contribution in [1.29, 1.82) is 0 Å². The molecule has 1 unspecified atom stereocenters. The average molecular weight is 382 g/mol. The predicted molar refractivity (Wildman–Crippen MR) is 110 cm³/mol. The van der Waals surface area contributed by atoms with E-state index in [1.807, 2.05) is 6.20 Å². The molecular weight excluding hydrogens is 346 g/mol. The van der Waals surface area contributed by atoms with E-state index in [0.717, 1.165) is 50.4 Å². The van der Waals surface area contributed by atoms with E-state index in [1.54, 1.807) is 11.3 Å². The van der Waals surface area contributed by atoms with Crippen LogP contribution < -0.4 is 10.6 Å². The Balaban J connectivity index is 1.99. The zero-order chi connectivity index (χ0) is 18.8. The number of nitrogens with one attached hydrogen (secondary N) is 2. The third-order valence-electron chi connectivity index (χ3n) is 4.97. The fourth-order valence-electron chi connectivity index (χ4n) is 3.50. The second-order valence-electron chi connectivity index (χ2n) is 6.73.